The largest absolute Gasteiger partial charge is 0.385 e. The normalized spacial score (nSPS) is 15.2. The molecule has 0 spiro atoms. The minimum absolute atomic E-state index is 0. The van der Waals surface area contributed by atoms with Crippen LogP contribution in [0.4, 0.5) is 0 Å². The van der Waals surface area contributed by atoms with E-state index in [0.29, 0.717) is 6.10 Å². The van der Waals surface area contributed by atoms with Crippen LogP contribution in [0.25, 0.3) is 0 Å². The van der Waals surface area contributed by atoms with Crippen LogP contribution in [-0.4, -0.2) is 63.5 Å². The molecule has 0 aliphatic carbocycles. The molecule has 166 valence electrons. The number of aryl methyl sites for hydroxylation is 1. The molecule has 0 unspecified atom stereocenters. The monoisotopic (exact) mass is 517 g/mol. The van der Waals surface area contributed by atoms with E-state index in [9.17, 15) is 0 Å². The summed E-state index contributed by atoms with van der Waals surface area (Å²) in [5.41, 5.74) is 1.44. The lowest BCUT2D eigenvalue weighted by molar-refractivity contribution is 0.00990. The van der Waals surface area contributed by atoms with Crippen LogP contribution in [0.1, 0.15) is 51.0 Å². The van der Waals surface area contributed by atoms with Gasteiger partial charge in [0.25, 0.3) is 0 Å². The van der Waals surface area contributed by atoms with E-state index >= 15 is 0 Å². The summed E-state index contributed by atoms with van der Waals surface area (Å²) in [6, 6.07) is 10.8. The summed E-state index contributed by atoms with van der Waals surface area (Å²) in [5, 5.41) is 3.46. The molecule has 1 aliphatic rings. The summed E-state index contributed by atoms with van der Waals surface area (Å²) in [5.74, 6) is 1.07. The molecule has 0 aromatic heterocycles. The van der Waals surface area contributed by atoms with Gasteiger partial charge in [-0.05, 0) is 51.0 Å². The first-order chi connectivity index (χ1) is 13.8. The predicted octanol–water partition coefficient (Wildman–Crippen LogP) is 4.50. The molecule has 0 saturated carbocycles. The second-order valence-electron chi connectivity index (χ2n) is 7.44. The van der Waals surface area contributed by atoms with Gasteiger partial charge in [0.2, 0.25) is 0 Å². The van der Waals surface area contributed by atoms with Crippen LogP contribution in [0, 0.1) is 0 Å². The number of hydrogen-bond donors (Lipinski definition) is 1. The number of guanidine groups is 1. The van der Waals surface area contributed by atoms with Crippen LogP contribution < -0.4 is 5.32 Å². The van der Waals surface area contributed by atoms with Crippen molar-refractivity contribution in [3.63, 3.8) is 0 Å². The van der Waals surface area contributed by atoms with Crippen LogP contribution in [0.3, 0.4) is 0 Å². The minimum atomic E-state index is 0. The summed E-state index contributed by atoms with van der Waals surface area (Å²) < 4.78 is 11.0. The maximum atomic E-state index is 5.97. The molecule has 0 atom stereocenters. The van der Waals surface area contributed by atoms with Crippen LogP contribution in [0.15, 0.2) is 35.3 Å². The molecular weight excluding hydrogens is 477 g/mol. The minimum Gasteiger partial charge on any atom is -0.385 e. The quantitative estimate of drug-likeness (QED) is 0.192. The first kappa shape index (κ1) is 26.2. The topological polar surface area (TPSA) is 46.1 Å². The molecule has 1 fully saturated rings. The highest BCUT2D eigenvalue weighted by Gasteiger charge is 2.21. The summed E-state index contributed by atoms with van der Waals surface area (Å²) in [4.78, 5) is 7.26. The van der Waals surface area contributed by atoms with Crippen LogP contribution >= 0.6 is 24.0 Å². The molecule has 1 heterocycles. The average Bonchev–Trinajstić information content (AvgIpc) is 2.74. The fraction of sp³-hybridized carbons (Fsp3) is 0.696. The van der Waals surface area contributed by atoms with Crippen molar-refractivity contribution < 1.29 is 9.47 Å². The zero-order valence-electron chi connectivity index (χ0n) is 18.3. The van der Waals surface area contributed by atoms with Gasteiger partial charge in [0.05, 0.1) is 6.10 Å². The molecular formula is C23H40IN3O2. The predicted molar refractivity (Wildman–Crippen MR) is 132 cm³/mol. The number of nitrogens with one attached hydrogen (secondary N) is 1. The Morgan fingerprint density at radius 3 is 2.52 bits per heavy atom. The van der Waals surface area contributed by atoms with E-state index in [1.165, 1.54) is 24.8 Å². The van der Waals surface area contributed by atoms with E-state index in [-0.39, 0.29) is 24.0 Å². The van der Waals surface area contributed by atoms with E-state index in [4.69, 9.17) is 14.5 Å². The molecule has 0 radical (unpaired) electrons. The van der Waals surface area contributed by atoms with Crippen LogP contribution in [0.2, 0.25) is 0 Å². The molecule has 5 nitrogen and oxygen atoms in total. The van der Waals surface area contributed by atoms with Crippen molar-refractivity contribution in [2.45, 2.75) is 58.0 Å². The third kappa shape index (κ3) is 11.2. The fourth-order valence-corrected chi connectivity index (χ4v) is 3.56. The summed E-state index contributed by atoms with van der Waals surface area (Å²) in [6.07, 6.45) is 8.31. The van der Waals surface area contributed by atoms with Gasteiger partial charge in [0, 0.05) is 46.5 Å². The highest BCUT2D eigenvalue weighted by atomic mass is 127. The second-order valence-corrected chi connectivity index (χ2v) is 7.44. The van der Waals surface area contributed by atoms with Gasteiger partial charge >= 0.3 is 0 Å². The number of hydrogen-bond acceptors (Lipinski definition) is 3. The van der Waals surface area contributed by atoms with Gasteiger partial charge in [-0.2, -0.15) is 0 Å². The Bertz CT molecular complexity index is 534. The van der Waals surface area contributed by atoms with Gasteiger partial charge < -0.3 is 19.7 Å². The van der Waals surface area contributed by atoms with Crippen LogP contribution in [0.5, 0.6) is 0 Å². The molecule has 2 rings (SSSR count). The number of nitrogens with zero attached hydrogens (tertiary/aromatic N) is 2. The maximum Gasteiger partial charge on any atom is 0.193 e. The van der Waals surface area contributed by atoms with Gasteiger partial charge in [-0.3, -0.25) is 4.99 Å². The third-order valence-corrected chi connectivity index (χ3v) is 5.15. The average molecular weight is 517 g/mol. The Hall–Kier alpha value is -0.860. The van der Waals surface area contributed by atoms with Gasteiger partial charge in [0.15, 0.2) is 5.96 Å². The van der Waals surface area contributed by atoms with Gasteiger partial charge in [-0.1, -0.05) is 36.8 Å². The van der Waals surface area contributed by atoms with Crippen molar-refractivity contribution >= 4 is 29.9 Å². The third-order valence-electron chi connectivity index (χ3n) is 5.15. The van der Waals surface area contributed by atoms with Gasteiger partial charge in [-0.15, -0.1) is 24.0 Å². The lowest BCUT2D eigenvalue weighted by atomic mass is 10.1. The summed E-state index contributed by atoms with van der Waals surface area (Å²) in [7, 11) is 1.74. The van der Waals surface area contributed by atoms with E-state index in [0.717, 1.165) is 71.0 Å². The van der Waals surface area contributed by atoms with Crippen molar-refractivity contribution in [3.8, 4) is 0 Å². The molecule has 1 aliphatic heterocycles. The lowest BCUT2D eigenvalue weighted by Crippen LogP contribution is -2.47. The zero-order chi connectivity index (χ0) is 19.9. The Kier molecular flexibility index (Phi) is 15.2. The first-order valence-corrected chi connectivity index (χ1v) is 11.0. The lowest BCUT2D eigenvalue weighted by Gasteiger charge is -2.34. The Balaban J connectivity index is 0.00000420. The number of likely N-dealkylation sites (tertiary alicyclic amines) is 1. The number of methoxy groups -OCH3 is 1. The zero-order valence-corrected chi connectivity index (χ0v) is 20.6. The molecule has 0 bridgehead atoms. The first-order valence-electron chi connectivity index (χ1n) is 11.0. The van der Waals surface area contributed by atoms with E-state index in [1.807, 2.05) is 0 Å². The number of rotatable bonds is 12. The van der Waals surface area contributed by atoms with Gasteiger partial charge in [0.1, 0.15) is 0 Å². The number of benzene rings is 1. The number of aliphatic imine (C=N–C) groups is 1. The molecule has 0 amide bonds. The Morgan fingerprint density at radius 2 is 1.83 bits per heavy atom. The highest BCUT2D eigenvalue weighted by Crippen LogP contribution is 2.14. The van der Waals surface area contributed by atoms with Crippen molar-refractivity contribution in [1.29, 1.82) is 0 Å². The number of piperidine rings is 1. The SMILES string of the molecule is CCNC(=NCCCCCc1ccccc1)N1CCC(OCCCOC)CC1.I. The highest BCUT2D eigenvalue weighted by molar-refractivity contribution is 14.0. The number of ether oxygens (including phenoxy) is 2. The van der Waals surface area contributed by atoms with Crippen molar-refractivity contribution in [2.24, 2.45) is 4.99 Å². The second kappa shape index (κ2) is 16.9. The van der Waals surface area contributed by atoms with E-state index in [1.54, 1.807) is 7.11 Å². The van der Waals surface area contributed by atoms with Crippen LogP contribution in [-0.2, 0) is 15.9 Å². The Labute approximate surface area is 194 Å². The molecule has 1 aromatic carbocycles. The maximum absolute atomic E-state index is 5.97. The van der Waals surface area contributed by atoms with Crippen molar-refractivity contribution in [3.05, 3.63) is 35.9 Å². The van der Waals surface area contributed by atoms with Crippen molar-refractivity contribution in [1.82, 2.24) is 10.2 Å². The standard InChI is InChI=1S/C23H39N3O2.HI/c1-3-24-23(25-16-9-5-8-13-21-11-6-4-7-12-21)26-17-14-22(15-18-26)28-20-10-19-27-2;/h4,6-7,11-12,22H,3,5,8-10,13-20H2,1-2H3,(H,24,25);1H. The summed E-state index contributed by atoms with van der Waals surface area (Å²) >= 11 is 0. The molecule has 1 aromatic rings. The smallest absolute Gasteiger partial charge is 0.193 e. The number of unbranched alkanes of at least 4 members (excludes halogenated alkanes) is 2. The fourth-order valence-electron chi connectivity index (χ4n) is 3.56. The molecule has 29 heavy (non-hydrogen) atoms. The molecule has 1 saturated heterocycles. The Morgan fingerprint density at radius 1 is 1.07 bits per heavy atom. The molecule has 1 N–H and O–H groups in total. The van der Waals surface area contributed by atoms with E-state index in [2.05, 4.69) is 47.5 Å². The summed E-state index contributed by atoms with van der Waals surface area (Å²) in [6.45, 7) is 7.59. The van der Waals surface area contributed by atoms with Gasteiger partial charge in [-0.25, -0.2) is 0 Å². The molecule has 6 heteroatoms. The number of halogens is 1. The van der Waals surface area contributed by atoms with E-state index < -0.39 is 0 Å². The van der Waals surface area contributed by atoms with Crippen molar-refractivity contribution in [2.75, 3.05) is 46.5 Å².